The minimum Gasteiger partial charge on any atom is -0.384 e. The topological polar surface area (TPSA) is 146 Å². The first-order chi connectivity index (χ1) is 15.1. The van der Waals surface area contributed by atoms with Crippen LogP contribution < -0.4 is 5.73 Å². The van der Waals surface area contributed by atoms with Crippen LogP contribution in [-0.4, -0.2) is 30.2 Å². The van der Waals surface area contributed by atoms with Crippen molar-refractivity contribution in [2.24, 2.45) is 5.92 Å². The first-order valence-corrected chi connectivity index (χ1v) is 10.0. The zero-order valence-electron chi connectivity index (χ0n) is 16.7. The predicted molar refractivity (Wildman–Crippen MR) is 114 cm³/mol. The number of fused-ring (bicyclic) bond motifs is 1. The van der Waals surface area contributed by atoms with E-state index in [0.717, 1.165) is 27.6 Å². The Bertz CT molecular complexity index is 1340. The van der Waals surface area contributed by atoms with Gasteiger partial charge in [0.15, 0.2) is 0 Å². The van der Waals surface area contributed by atoms with E-state index in [-0.39, 0.29) is 11.5 Å². The third-order valence-corrected chi connectivity index (χ3v) is 6.03. The lowest BCUT2D eigenvalue weighted by Crippen LogP contribution is -2.47. The van der Waals surface area contributed by atoms with Crippen LogP contribution in [0.2, 0.25) is 0 Å². The van der Waals surface area contributed by atoms with Crippen LogP contribution in [0.4, 0.5) is 5.82 Å². The number of nitriles is 2. The largest absolute Gasteiger partial charge is 0.384 e. The molecule has 3 aromatic heterocycles. The molecule has 4 aromatic rings. The van der Waals surface area contributed by atoms with Crippen LogP contribution in [0.25, 0.3) is 33.3 Å². The first-order valence-electron chi connectivity index (χ1n) is 10.0. The summed E-state index contributed by atoms with van der Waals surface area (Å²) in [5, 5.41) is 35.4. The fourth-order valence-corrected chi connectivity index (χ4v) is 4.40. The summed E-state index contributed by atoms with van der Waals surface area (Å²) in [4.78, 5) is 6.22. The van der Waals surface area contributed by atoms with Crippen LogP contribution in [0.5, 0.6) is 0 Å². The van der Waals surface area contributed by atoms with Crippen LogP contribution in [-0.2, 0) is 5.54 Å². The molecular weight excluding hydrogens is 390 g/mol. The molecule has 31 heavy (non-hydrogen) atoms. The van der Waals surface area contributed by atoms with Gasteiger partial charge in [-0.05, 0) is 43.0 Å². The molecular formula is C22H19N9. The molecule has 5 rings (SSSR count). The van der Waals surface area contributed by atoms with Crippen LogP contribution in [0.3, 0.4) is 0 Å². The van der Waals surface area contributed by atoms with Gasteiger partial charge in [0.05, 0.1) is 41.5 Å². The molecule has 1 aliphatic rings. The van der Waals surface area contributed by atoms with Gasteiger partial charge in [-0.1, -0.05) is 6.07 Å². The van der Waals surface area contributed by atoms with E-state index < -0.39 is 0 Å². The molecule has 1 fully saturated rings. The Morgan fingerprint density at radius 2 is 2.10 bits per heavy atom. The number of aromatic nitrogens is 6. The van der Waals surface area contributed by atoms with E-state index in [0.29, 0.717) is 37.2 Å². The number of anilines is 1. The smallest absolute Gasteiger partial charge is 0.126 e. The normalized spacial score (nSPS) is 20.1. The SMILES string of the molecule is N#CCCC1(n2ncc(-c3cc(-c4cn[nH]c4N)cc4ncccc34)n2)CC(C#N)C1. The maximum Gasteiger partial charge on any atom is 0.126 e. The monoisotopic (exact) mass is 409 g/mol. The van der Waals surface area contributed by atoms with Crippen molar-refractivity contribution < 1.29 is 0 Å². The van der Waals surface area contributed by atoms with E-state index in [1.807, 2.05) is 24.3 Å². The molecule has 1 aromatic carbocycles. The lowest BCUT2D eigenvalue weighted by molar-refractivity contribution is 0.0579. The molecule has 3 heterocycles. The van der Waals surface area contributed by atoms with Crippen molar-refractivity contribution in [1.82, 2.24) is 30.2 Å². The van der Waals surface area contributed by atoms with Gasteiger partial charge in [0, 0.05) is 29.1 Å². The number of nitrogens with one attached hydrogen (secondary N) is 1. The number of nitrogens with zero attached hydrogens (tertiary/aromatic N) is 7. The average Bonchev–Trinajstić information content (AvgIpc) is 3.42. The summed E-state index contributed by atoms with van der Waals surface area (Å²) in [6.45, 7) is 0. The third kappa shape index (κ3) is 3.08. The molecule has 3 N–H and O–H groups in total. The Hall–Kier alpha value is -4.24. The van der Waals surface area contributed by atoms with E-state index in [4.69, 9.17) is 16.1 Å². The highest BCUT2D eigenvalue weighted by molar-refractivity contribution is 5.97. The lowest BCUT2D eigenvalue weighted by atomic mass is 9.67. The number of benzene rings is 1. The summed E-state index contributed by atoms with van der Waals surface area (Å²) in [5.74, 6) is 0.461. The van der Waals surface area contributed by atoms with Crippen molar-refractivity contribution in [2.75, 3.05) is 5.73 Å². The van der Waals surface area contributed by atoms with Gasteiger partial charge in [-0.2, -0.15) is 30.6 Å². The van der Waals surface area contributed by atoms with Gasteiger partial charge >= 0.3 is 0 Å². The maximum absolute atomic E-state index is 9.25. The number of hydrogen-bond acceptors (Lipinski definition) is 7. The van der Waals surface area contributed by atoms with Crippen molar-refractivity contribution in [3.05, 3.63) is 42.9 Å². The molecule has 0 aliphatic heterocycles. The van der Waals surface area contributed by atoms with Gasteiger partial charge in [-0.15, -0.1) is 0 Å². The Labute approximate surface area is 178 Å². The molecule has 9 nitrogen and oxygen atoms in total. The molecule has 0 amide bonds. The zero-order valence-corrected chi connectivity index (χ0v) is 16.7. The summed E-state index contributed by atoms with van der Waals surface area (Å²) < 4.78 is 0. The quantitative estimate of drug-likeness (QED) is 0.513. The minimum absolute atomic E-state index is 0.0226. The number of nitrogens with two attached hydrogens (primary N) is 1. The summed E-state index contributed by atoms with van der Waals surface area (Å²) in [5.41, 5.74) is 9.75. The number of H-pyrrole nitrogens is 1. The second-order valence-electron chi connectivity index (χ2n) is 7.93. The fraction of sp³-hybridized carbons (Fsp3) is 0.273. The predicted octanol–water partition coefficient (Wildman–Crippen LogP) is 3.40. The molecule has 0 unspecified atom stereocenters. The Morgan fingerprint density at radius 1 is 1.23 bits per heavy atom. The van der Waals surface area contributed by atoms with Gasteiger partial charge < -0.3 is 5.73 Å². The molecule has 0 radical (unpaired) electrons. The first kappa shape index (κ1) is 18.8. The van der Waals surface area contributed by atoms with Crippen LogP contribution in [0, 0.1) is 28.6 Å². The van der Waals surface area contributed by atoms with Crippen molar-refractivity contribution >= 4 is 16.7 Å². The van der Waals surface area contributed by atoms with Gasteiger partial charge in [0.2, 0.25) is 0 Å². The van der Waals surface area contributed by atoms with E-state index in [2.05, 4.69) is 32.4 Å². The van der Waals surface area contributed by atoms with E-state index in [1.54, 1.807) is 23.4 Å². The summed E-state index contributed by atoms with van der Waals surface area (Å²) in [6, 6.07) is 12.4. The number of rotatable bonds is 5. The molecule has 0 saturated heterocycles. The van der Waals surface area contributed by atoms with Crippen molar-refractivity contribution in [3.63, 3.8) is 0 Å². The molecule has 9 heteroatoms. The Kier molecular flexibility index (Phi) is 4.37. The van der Waals surface area contributed by atoms with E-state index >= 15 is 0 Å². The second kappa shape index (κ2) is 7.22. The fourth-order valence-electron chi connectivity index (χ4n) is 4.40. The second-order valence-corrected chi connectivity index (χ2v) is 7.93. The summed E-state index contributed by atoms with van der Waals surface area (Å²) >= 11 is 0. The average molecular weight is 409 g/mol. The van der Waals surface area contributed by atoms with Crippen molar-refractivity contribution in [2.45, 2.75) is 31.2 Å². The van der Waals surface area contributed by atoms with Gasteiger partial charge in [-0.25, -0.2) is 0 Å². The standard InChI is InChI=1S/C22H19N9/c23-5-2-4-22(9-14(10-22)11-24)31-28-13-20(30-31)17-7-15(18-12-27-29-21(18)25)8-19-16(17)3-1-6-26-19/h1,3,6-8,12-14H,2,4,9-10H2,(H3,25,27,29). The molecule has 1 saturated carbocycles. The van der Waals surface area contributed by atoms with E-state index in [1.165, 1.54) is 0 Å². The van der Waals surface area contributed by atoms with Crippen LogP contribution >= 0.6 is 0 Å². The number of nitrogen functional groups attached to an aromatic ring is 1. The summed E-state index contributed by atoms with van der Waals surface area (Å²) in [7, 11) is 0. The summed E-state index contributed by atoms with van der Waals surface area (Å²) in [6.07, 6.45) is 7.52. The van der Waals surface area contributed by atoms with Crippen molar-refractivity contribution in [1.29, 1.82) is 10.5 Å². The number of hydrogen-bond donors (Lipinski definition) is 2. The van der Waals surface area contributed by atoms with E-state index in [9.17, 15) is 5.26 Å². The number of pyridine rings is 1. The lowest BCUT2D eigenvalue weighted by Gasteiger charge is -2.43. The number of aromatic amines is 1. The Balaban J connectivity index is 1.61. The molecule has 0 atom stereocenters. The molecule has 1 aliphatic carbocycles. The molecule has 0 bridgehead atoms. The minimum atomic E-state index is -0.380. The van der Waals surface area contributed by atoms with Crippen LogP contribution in [0.1, 0.15) is 25.7 Å². The highest BCUT2D eigenvalue weighted by Crippen LogP contribution is 2.46. The van der Waals surface area contributed by atoms with Crippen LogP contribution in [0.15, 0.2) is 42.9 Å². The highest BCUT2D eigenvalue weighted by atomic mass is 15.5. The zero-order chi connectivity index (χ0) is 21.4. The highest BCUT2D eigenvalue weighted by Gasteiger charge is 2.47. The van der Waals surface area contributed by atoms with Crippen molar-refractivity contribution in [3.8, 4) is 34.5 Å². The molecule has 152 valence electrons. The molecule has 0 spiro atoms. The van der Waals surface area contributed by atoms with Gasteiger partial charge in [0.1, 0.15) is 11.5 Å². The van der Waals surface area contributed by atoms with Gasteiger partial charge in [0.25, 0.3) is 0 Å². The maximum atomic E-state index is 9.25. The Morgan fingerprint density at radius 3 is 2.84 bits per heavy atom. The third-order valence-electron chi connectivity index (χ3n) is 6.03. The van der Waals surface area contributed by atoms with Gasteiger partial charge in [-0.3, -0.25) is 10.1 Å².